The standard InChI is InChI=1S/C20H31FN4O/c1-22-20(23-12-15-7-8-19(21)16(11-15)14-26-2)24-17-9-10-25(13-17)18-5-3-4-6-18/h7-8,11,17-18H,3-6,9-10,12-14H2,1-2H3,(H2,22,23,24). The van der Waals surface area contributed by atoms with Crippen molar-refractivity contribution in [3.63, 3.8) is 0 Å². The molecular weight excluding hydrogens is 331 g/mol. The molecule has 5 nitrogen and oxygen atoms in total. The van der Waals surface area contributed by atoms with Crippen molar-refractivity contribution in [1.82, 2.24) is 15.5 Å². The Morgan fingerprint density at radius 1 is 1.31 bits per heavy atom. The van der Waals surface area contributed by atoms with Crippen LogP contribution in [-0.4, -0.2) is 50.2 Å². The smallest absolute Gasteiger partial charge is 0.191 e. The molecule has 2 N–H and O–H groups in total. The van der Waals surface area contributed by atoms with Crippen molar-refractivity contribution in [2.45, 2.75) is 57.3 Å². The van der Waals surface area contributed by atoms with Crippen LogP contribution in [0.25, 0.3) is 0 Å². The van der Waals surface area contributed by atoms with Gasteiger partial charge in [0.2, 0.25) is 0 Å². The third-order valence-electron chi connectivity index (χ3n) is 5.50. The van der Waals surface area contributed by atoms with Crippen LogP contribution < -0.4 is 10.6 Å². The second-order valence-electron chi connectivity index (χ2n) is 7.35. The Hall–Kier alpha value is -1.66. The Morgan fingerprint density at radius 3 is 2.85 bits per heavy atom. The third kappa shape index (κ3) is 4.95. The number of halogens is 1. The number of aliphatic imine (C=N–C) groups is 1. The van der Waals surface area contributed by atoms with Gasteiger partial charge in [-0.3, -0.25) is 9.89 Å². The molecule has 0 amide bonds. The number of likely N-dealkylation sites (tertiary alicyclic amines) is 1. The maximum absolute atomic E-state index is 13.7. The van der Waals surface area contributed by atoms with Crippen molar-refractivity contribution < 1.29 is 9.13 Å². The number of nitrogens with one attached hydrogen (secondary N) is 2. The van der Waals surface area contributed by atoms with E-state index in [1.165, 1.54) is 38.3 Å². The van der Waals surface area contributed by atoms with Gasteiger partial charge in [0, 0.05) is 51.4 Å². The summed E-state index contributed by atoms with van der Waals surface area (Å²) < 4.78 is 18.8. The minimum absolute atomic E-state index is 0.226. The summed E-state index contributed by atoms with van der Waals surface area (Å²) in [6.45, 7) is 3.17. The SMILES string of the molecule is CN=C(NCc1ccc(F)c(COC)c1)NC1CCN(C2CCCC2)C1. The number of nitrogens with zero attached hydrogens (tertiary/aromatic N) is 2. The highest BCUT2D eigenvalue weighted by molar-refractivity contribution is 5.80. The van der Waals surface area contributed by atoms with E-state index in [-0.39, 0.29) is 12.4 Å². The lowest BCUT2D eigenvalue weighted by Gasteiger charge is -2.24. The fraction of sp³-hybridized carbons (Fsp3) is 0.650. The van der Waals surface area contributed by atoms with E-state index in [2.05, 4.69) is 20.5 Å². The Morgan fingerprint density at radius 2 is 2.12 bits per heavy atom. The molecule has 26 heavy (non-hydrogen) atoms. The largest absolute Gasteiger partial charge is 0.380 e. The van der Waals surface area contributed by atoms with Crippen molar-refractivity contribution >= 4 is 5.96 Å². The second-order valence-corrected chi connectivity index (χ2v) is 7.35. The summed E-state index contributed by atoms with van der Waals surface area (Å²) in [7, 11) is 3.37. The molecule has 0 aromatic heterocycles. The van der Waals surface area contributed by atoms with E-state index in [1.807, 2.05) is 6.07 Å². The third-order valence-corrected chi connectivity index (χ3v) is 5.50. The quantitative estimate of drug-likeness (QED) is 0.603. The summed E-state index contributed by atoms with van der Waals surface area (Å²) in [5, 5.41) is 6.88. The van der Waals surface area contributed by atoms with Crippen molar-refractivity contribution in [2.24, 2.45) is 4.99 Å². The van der Waals surface area contributed by atoms with Crippen LogP contribution in [0.3, 0.4) is 0 Å². The number of hydrogen-bond acceptors (Lipinski definition) is 3. The predicted octanol–water partition coefficient (Wildman–Crippen LogP) is 2.65. The van der Waals surface area contributed by atoms with Gasteiger partial charge in [0.05, 0.1) is 6.61 Å². The van der Waals surface area contributed by atoms with Gasteiger partial charge in [0.15, 0.2) is 5.96 Å². The van der Waals surface area contributed by atoms with Crippen LogP contribution in [0.2, 0.25) is 0 Å². The molecule has 0 bridgehead atoms. The highest BCUT2D eigenvalue weighted by atomic mass is 19.1. The lowest BCUT2D eigenvalue weighted by molar-refractivity contribution is 0.181. The van der Waals surface area contributed by atoms with Gasteiger partial charge >= 0.3 is 0 Å². The summed E-state index contributed by atoms with van der Waals surface area (Å²) in [5.74, 6) is 0.581. The molecule has 3 rings (SSSR count). The summed E-state index contributed by atoms with van der Waals surface area (Å²) in [6, 6.07) is 6.37. The Bertz CT molecular complexity index is 616. The van der Waals surface area contributed by atoms with Crippen molar-refractivity contribution in [3.05, 3.63) is 35.1 Å². The molecule has 144 valence electrons. The molecule has 1 unspecified atom stereocenters. The molecule has 0 radical (unpaired) electrons. The fourth-order valence-electron chi connectivity index (χ4n) is 4.08. The maximum Gasteiger partial charge on any atom is 0.191 e. The monoisotopic (exact) mass is 362 g/mol. The molecule has 2 aliphatic rings. The zero-order valence-electron chi connectivity index (χ0n) is 15.9. The van der Waals surface area contributed by atoms with E-state index in [4.69, 9.17) is 4.74 Å². The molecule has 1 saturated heterocycles. The number of benzene rings is 1. The van der Waals surface area contributed by atoms with Crippen LogP contribution in [0, 0.1) is 5.82 Å². The van der Waals surface area contributed by atoms with E-state index in [0.717, 1.165) is 30.5 Å². The lowest BCUT2D eigenvalue weighted by atomic mass is 10.1. The van der Waals surface area contributed by atoms with Crippen LogP contribution in [0.5, 0.6) is 0 Å². The Labute approximate surface area is 156 Å². The van der Waals surface area contributed by atoms with Gasteiger partial charge in [-0.05, 0) is 37.0 Å². The van der Waals surface area contributed by atoms with Crippen molar-refractivity contribution in [1.29, 1.82) is 0 Å². The summed E-state index contributed by atoms with van der Waals surface area (Å²) in [6.07, 6.45) is 6.63. The van der Waals surface area contributed by atoms with E-state index < -0.39 is 0 Å². The van der Waals surface area contributed by atoms with Gasteiger partial charge in [0.25, 0.3) is 0 Å². The maximum atomic E-state index is 13.7. The molecule has 1 aromatic carbocycles. The predicted molar refractivity (Wildman–Crippen MR) is 103 cm³/mol. The zero-order valence-corrected chi connectivity index (χ0v) is 15.9. The second kappa shape index (κ2) is 9.33. The molecule has 0 spiro atoms. The molecule has 2 fully saturated rings. The topological polar surface area (TPSA) is 48.9 Å². The van der Waals surface area contributed by atoms with Crippen LogP contribution in [0.1, 0.15) is 43.2 Å². The van der Waals surface area contributed by atoms with Gasteiger partial charge in [0.1, 0.15) is 5.82 Å². The van der Waals surface area contributed by atoms with Crippen molar-refractivity contribution in [3.8, 4) is 0 Å². The highest BCUT2D eigenvalue weighted by Gasteiger charge is 2.30. The molecule has 1 aliphatic carbocycles. The minimum atomic E-state index is -0.226. The zero-order chi connectivity index (χ0) is 18.4. The Balaban J connectivity index is 1.48. The average molecular weight is 362 g/mol. The summed E-state index contributed by atoms with van der Waals surface area (Å²) in [5.41, 5.74) is 1.60. The molecule has 1 atom stereocenters. The van der Waals surface area contributed by atoms with Crippen LogP contribution in [-0.2, 0) is 17.9 Å². The highest BCUT2D eigenvalue weighted by Crippen LogP contribution is 2.26. The number of methoxy groups -OCH3 is 1. The molecule has 1 saturated carbocycles. The van der Waals surface area contributed by atoms with Crippen molar-refractivity contribution in [2.75, 3.05) is 27.2 Å². The molecule has 1 aromatic rings. The number of ether oxygens (including phenoxy) is 1. The number of guanidine groups is 1. The first kappa shape index (κ1) is 19.1. The number of rotatable bonds is 6. The molecule has 6 heteroatoms. The average Bonchev–Trinajstić information content (AvgIpc) is 3.32. The van der Waals surface area contributed by atoms with E-state index >= 15 is 0 Å². The van der Waals surface area contributed by atoms with Gasteiger partial charge in [-0.15, -0.1) is 0 Å². The van der Waals surface area contributed by atoms with Gasteiger partial charge < -0.3 is 15.4 Å². The first-order valence-electron chi connectivity index (χ1n) is 9.67. The van der Waals surface area contributed by atoms with E-state index in [1.54, 1.807) is 20.2 Å². The first-order valence-corrected chi connectivity index (χ1v) is 9.67. The molecule has 1 heterocycles. The van der Waals surface area contributed by atoms with Crippen LogP contribution in [0.15, 0.2) is 23.2 Å². The lowest BCUT2D eigenvalue weighted by Crippen LogP contribution is -2.45. The first-order chi connectivity index (χ1) is 12.7. The van der Waals surface area contributed by atoms with Crippen LogP contribution >= 0.6 is 0 Å². The fourth-order valence-corrected chi connectivity index (χ4v) is 4.08. The summed E-state index contributed by atoms with van der Waals surface area (Å²) in [4.78, 5) is 6.98. The van der Waals surface area contributed by atoms with Gasteiger partial charge in [-0.1, -0.05) is 18.9 Å². The van der Waals surface area contributed by atoms with Gasteiger partial charge in [-0.25, -0.2) is 4.39 Å². The van der Waals surface area contributed by atoms with Crippen LogP contribution in [0.4, 0.5) is 4.39 Å². The molecule has 1 aliphatic heterocycles. The number of hydrogen-bond donors (Lipinski definition) is 2. The normalized spacial score (nSPS) is 22.1. The minimum Gasteiger partial charge on any atom is -0.380 e. The molecular formula is C20H31FN4O. The Kier molecular flexibility index (Phi) is 6.86. The van der Waals surface area contributed by atoms with E-state index in [0.29, 0.717) is 18.2 Å². The van der Waals surface area contributed by atoms with Gasteiger partial charge in [-0.2, -0.15) is 0 Å². The summed E-state index contributed by atoms with van der Waals surface area (Å²) >= 11 is 0. The van der Waals surface area contributed by atoms with E-state index in [9.17, 15) is 4.39 Å².